The first kappa shape index (κ1) is 6.47. The van der Waals surface area contributed by atoms with E-state index in [4.69, 9.17) is 0 Å². The third-order valence-corrected chi connectivity index (χ3v) is 2.11. The largest absolute Gasteiger partial charge is 0.359 e. The lowest BCUT2D eigenvalue weighted by atomic mass is 10.1. The third kappa shape index (κ3) is 0.929. The molecule has 1 aliphatic heterocycles. The van der Waals surface area contributed by atoms with Crippen molar-refractivity contribution in [3.63, 3.8) is 0 Å². The van der Waals surface area contributed by atoms with Crippen molar-refractivity contribution < 1.29 is 0 Å². The average Bonchev–Trinajstić information content (AvgIpc) is 2.31. The zero-order valence-corrected chi connectivity index (χ0v) is 6.65. The lowest BCUT2D eigenvalue weighted by Gasteiger charge is -2.00. The molecule has 1 nitrogen and oxygen atoms in total. The number of anilines is 1. The standard InChI is InChI=1S/C10H11N/c1-7-4-3-5-10-9(7)6-8(2)11-10/h3-5,11H,2,6H2,1H3. The highest BCUT2D eigenvalue weighted by atomic mass is 14.9. The zero-order valence-electron chi connectivity index (χ0n) is 6.65. The first-order chi connectivity index (χ1) is 5.27. The molecule has 0 fully saturated rings. The second-order valence-electron chi connectivity index (χ2n) is 3.01. The van der Waals surface area contributed by atoms with Gasteiger partial charge in [-0.2, -0.15) is 0 Å². The molecule has 0 saturated carbocycles. The summed E-state index contributed by atoms with van der Waals surface area (Å²) in [5, 5.41) is 3.24. The van der Waals surface area contributed by atoms with Crippen LogP contribution < -0.4 is 5.32 Å². The number of allylic oxidation sites excluding steroid dienone is 1. The van der Waals surface area contributed by atoms with Gasteiger partial charge < -0.3 is 5.32 Å². The number of nitrogens with one attached hydrogen (secondary N) is 1. The minimum atomic E-state index is 0.988. The summed E-state index contributed by atoms with van der Waals surface area (Å²) >= 11 is 0. The van der Waals surface area contributed by atoms with Gasteiger partial charge in [-0.3, -0.25) is 0 Å². The Labute approximate surface area is 66.7 Å². The molecule has 2 rings (SSSR count). The second-order valence-corrected chi connectivity index (χ2v) is 3.01. The van der Waals surface area contributed by atoms with Crippen molar-refractivity contribution in [2.24, 2.45) is 0 Å². The van der Waals surface area contributed by atoms with E-state index in [2.05, 4.69) is 37.0 Å². The predicted octanol–water partition coefficient (Wildman–Crippen LogP) is 2.48. The molecule has 0 saturated heterocycles. The van der Waals surface area contributed by atoms with Gasteiger partial charge in [0.1, 0.15) is 0 Å². The zero-order chi connectivity index (χ0) is 7.84. The van der Waals surface area contributed by atoms with E-state index in [1.807, 2.05) is 0 Å². The molecule has 0 bridgehead atoms. The fourth-order valence-electron chi connectivity index (χ4n) is 1.50. The van der Waals surface area contributed by atoms with Crippen molar-refractivity contribution in [2.45, 2.75) is 13.3 Å². The fourth-order valence-corrected chi connectivity index (χ4v) is 1.50. The van der Waals surface area contributed by atoms with E-state index >= 15 is 0 Å². The molecule has 0 radical (unpaired) electrons. The normalized spacial score (nSPS) is 14.5. The van der Waals surface area contributed by atoms with E-state index in [1.54, 1.807) is 0 Å². The van der Waals surface area contributed by atoms with E-state index in [1.165, 1.54) is 16.8 Å². The molecule has 0 spiro atoms. The molecule has 0 atom stereocenters. The van der Waals surface area contributed by atoms with Gasteiger partial charge in [0.2, 0.25) is 0 Å². The molecule has 0 amide bonds. The van der Waals surface area contributed by atoms with Gasteiger partial charge in [-0.25, -0.2) is 0 Å². The predicted molar refractivity (Wildman–Crippen MR) is 47.6 cm³/mol. The van der Waals surface area contributed by atoms with Crippen molar-refractivity contribution in [1.29, 1.82) is 0 Å². The number of benzene rings is 1. The van der Waals surface area contributed by atoms with Crippen LogP contribution in [0.25, 0.3) is 0 Å². The van der Waals surface area contributed by atoms with Crippen LogP contribution in [0.15, 0.2) is 30.5 Å². The molecule has 0 aromatic heterocycles. The van der Waals surface area contributed by atoms with Crippen LogP contribution in [0.1, 0.15) is 11.1 Å². The maximum Gasteiger partial charge on any atom is 0.0420 e. The molecular formula is C10H11N. The van der Waals surface area contributed by atoms with Crippen molar-refractivity contribution in [1.82, 2.24) is 0 Å². The molecule has 1 heteroatoms. The summed E-state index contributed by atoms with van der Waals surface area (Å²) in [6.45, 7) is 6.04. The van der Waals surface area contributed by atoms with Crippen LogP contribution in [0.4, 0.5) is 5.69 Å². The van der Waals surface area contributed by atoms with E-state index in [0.29, 0.717) is 0 Å². The van der Waals surface area contributed by atoms with Crippen LogP contribution in [-0.4, -0.2) is 0 Å². The van der Waals surface area contributed by atoms with Gasteiger partial charge in [0.05, 0.1) is 0 Å². The molecule has 0 unspecified atom stereocenters. The van der Waals surface area contributed by atoms with E-state index in [0.717, 1.165) is 12.1 Å². The van der Waals surface area contributed by atoms with Gasteiger partial charge in [-0.05, 0) is 24.1 Å². The summed E-state index contributed by atoms with van der Waals surface area (Å²) in [6, 6.07) is 6.30. The third-order valence-electron chi connectivity index (χ3n) is 2.11. The van der Waals surface area contributed by atoms with Crippen LogP contribution in [-0.2, 0) is 6.42 Å². The van der Waals surface area contributed by atoms with E-state index in [9.17, 15) is 0 Å². The fraction of sp³-hybridized carbons (Fsp3) is 0.200. The SMILES string of the molecule is C=C1Cc2c(C)cccc2N1. The van der Waals surface area contributed by atoms with Crippen molar-refractivity contribution >= 4 is 5.69 Å². The van der Waals surface area contributed by atoms with Crippen molar-refractivity contribution in [3.8, 4) is 0 Å². The summed E-state index contributed by atoms with van der Waals surface area (Å²) in [5.41, 5.74) is 5.09. The highest BCUT2D eigenvalue weighted by Gasteiger charge is 2.13. The van der Waals surface area contributed by atoms with Gasteiger partial charge in [-0.1, -0.05) is 18.7 Å². The van der Waals surface area contributed by atoms with Crippen LogP contribution in [0.3, 0.4) is 0 Å². The van der Waals surface area contributed by atoms with Gasteiger partial charge in [0.25, 0.3) is 0 Å². The molecule has 1 aromatic rings. The summed E-state index contributed by atoms with van der Waals surface area (Å²) in [5.74, 6) is 0. The monoisotopic (exact) mass is 145 g/mol. The van der Waals surface area contributed by atoms with Crippen LogP contribution in [0.5, 0.6) is 0 Å². The molecule has 1 aromatic carbocycles. The summed E-state index contributed by atoms with van der Waals surface area (Å²) < 4.78 is 0. The van der Waals surface area contributed by atoms with E-state index < -0.39 is 0 Å². The Bertz CT molecular complexity index is 313. The lowest BCUT2D eigenvalue weighted by Crippen LogP contribution is -1.86. The number of hydrogen-bond donors (Lipinski definition) is 1. The molecular weight excluding hydrogens is 134 g/mol. The quantitative estimate of drug-likeness (QED) is 0.591. The average molecular weight is 145 g/mol. The summed E-state index contributed by atoms with van der Waals surface area (Å²) in [7, 11) is 0. The molecule has 1 heterocycles. The Kier molecular flexibility index (Phi) is 1.25. The van der Waals surface area contributed by atoms with Crippen LogP contribution in [0.2, 0.25) is 0 Å². The molecule has 1 aliphatic rings. The highest BCUT2D eigenvalue weighted by molar-refractivity contribution is 5.63. The smallest absolute Gasteiger partial charge is 0.0420 e. The maximum absolute atomic E-state index is 3.90. The summed E-state index contributed by atoms with van der Waals surface area (Å²) in [4.78, 5) is 0. The topological polar surface area (TPSA) is 12.0 Å². The Hall–Kier alpha value is -1.24. The Morgan fingerprint density at radius 2 is 2.27 bits per heavy atom. The number of fused-ring (bicyclic) bond motifs is 1. The van der Waals surface area contributed by atoms with Crippen molar-refractivity contribution in [3.05, 3.63) is 41.6 Å². The first-order valence-corrected chi connectivity index (χ1v) is 3.80. The van der Waals surface area contributed by atoms with Crippen LogP contribution in [0, 0.1) is 6.92 Å². The number of hydrogen-bond acceptors (Lipinski definition) is 1. The lowest BCUT2D eigenvalue weighted by molar-refractivity contribution is 1.22. The highest BCUT2D eigenvalue weighted by Crippen LogP contribution is 2.28. The minimum absolute atomic E-state index is 0.988. The minimum Gasteiger partial charge on any atom is -0.359 e. The van der Waals surface area contributed by atoms with Gasteiger partial charge in [-0.15, -0.1) is 0 Å². The van der Waals surface area contributed by atoms with E-state index in [-0.39, 0.29) is 0 Å². The summed E-state index contributed by atoms with van der Waals surface area (Å²) in [6.07, 6.45) is 0.988. The second kappa shape index (κ2) is 2.12. The Balaban J connectivity index is 2.57. The van der Waals surface area contributed by atoms with Gasteiger partial charge in [0.15, 0.2) is 0 Å². The Morgan fingerprint density at radius 3 is 3.00 bits per heavy atom. The van der Waals surface area contributed by atoms with Gasteiger partial charge >= 0.3 is 0 Å². The molecule has 0 aliphatic carbocycles. The molecule has 56 valence electrons. The first-order valence-electron chi connectivity index (χ1n) is 3.80. The molecule has 11 heavy (non-hydrogen) atoms. The van der Waals surface area contributed by atoms with Crippen LogP contribution >= 0.6 is 0 Å². The van der Waals surface area contributed by atoms with Crippen molar-refractivity contribution in [2.75, 3.05) is 5.32 Å². The molecule has 1 N–H and O–H groups in total. The van der Waals surface area contributed by atoms with Gasteiger partial charge in [0, 0.05) is 17.8 Å². The number of aryl methyl sites for hydroxylation is 1. The Morgan fingerprint density at radius 1 is 1.45 bits per heavy atom. The maximum atomic E-state index is 3.90. The number of rotatable bonds is 0.